The van der Waals surface area contributed by atoms with Crippen molar-refractivity contribution in [3.05, 3.63) is 157 Å². The Balaban J connectivity index is 1.47. The van der Waals surface area contributed by atoms with Gasteiger partial charge in [-0.3, -0.25) is 0 Å². The van der Waals surface area contributed by atoms with E-state index >= 15 is 0 Å². The molecule has 6 heteroatoms. The third-order valence-electron chi connectivity index (χ3n) is 8.25. The summed E-state index contributed by atoms with van der Waals surface area (Å²) in [6, 6.07) is 45.6. The van der Waals surface area contributed by atoms with E-state index in [2.05, 4.69) is 130 Å². The smallest absolute Gasteiger partial charge is 0.205 e. The summed E-state index contributed by atoms with van der Waals surface area (Å²) < 4.78 is 0. The normalized spacial score (nSPS) is 12.3. The minimum atomic E-state index is -0.846. The number of nitrogens with zero attached hydrogens (tertiary/aromatic N) is 5. The Labute approximate surface area is 272 Å². The molecule has 0 bridgehead atoms. The molecule has 230 valence electrons. The monoisotopic (exact) mass is 605 g/mol. The molecule has 6 nitrogen and oxygen atoms in total. The second-order valence-corrected chi connectivity index (χ2v) is 12.4. The van der Waals surface area contributed by atoms with E-state index in [-0.39, 0.29) is 5.92 Å². The standard InChI is InChI=1S/C40H41N6/c1-29(2)27-45(28-30(3)4)38-25-24-31(26-37(38)41)35-22-14-15-23-36(35)39-42-44-46(43-39)40(32-16-8-5-9-17-32,33-18-10-6-11-19-33)34-20-12-7-13-21-34/h5-26,29-30H,1,27-28,41H2,2-4H3/q+1. The largest absolute Gasteiger partial charge is 0.397 e. The summed E-state index contributed by atoms with van der Waals surface area (Å²) >= 11 is 0. The molecule has 0 aliphatic carbocycles. The van der Waals surface area contributed by atoms with Gasteiger partial charge in [-0.15, -0.1) is 15.0 Å². The molecule has 0 aliphatic rings. The molecule has 1 unspecified atom stereocenters. The van der Waals surface area contributed by atoms with Crippen molar-refractivity contribution >= 4 is 11.4 Å². The van der Waals surface area contributed by atoms with Crippen molar-refractivity contribution in [2.75, 3.05) is 23.7 Å². The molecular weight excluding hydrogens is 564 g/mol. The van der Waals surface area contributed by atoms with E-state index in [1.807, 2.05) is 36.4 Å². The van der Waals surface area contributed by atoms with Crippen LogP contribution in [-0.4, -0.2) is 33.3 Å². The van der Waals surface area contributed by atoms with Crippen LogP contribution in [0.15, 0.2) is 133 Å². The summed E-state index contributed by atoms with van der Waals surface area (Å²) in [5.74, 6) is 1.32. The molecule has 6 rings (SSSR count). The van der Waals surface area contributed by atoms with Crippen LogP contribution in [0.25, 0.3) is 22.5 Å². The second-order valence-electron chi connectivity index (χ2n) is 12.4. The van der Waals surface area contributed by atoms with Gasteiger partial charge in [-0.25, -0.2) is 0 Å². The SMILES string of the molecule is [CH2+]C(C)CN(CC(C)C)c1ccc(-c2ccccc2-c2nnn(C(c3ccccc3)(c3ccccc3)c3ccccc3)n2)cc1N. The molecule has 2 N–H and O–H groups in total. The molecule has 0 amide bonds. The summed E-state index contributed by atoms with van der Waals surface area (Å²) in [5.41, 5.74) is 13.7. The maximum absolute atomic E-state index is 6.74. The third-order valence-corrected chi connectivity index (χ3v) is 8.25. The van der Waals surface area contributed by atoms with Crippen LogP contribution in [0.3, 0.4) is 0 Å². The van der Waals surface area contributed by atoms with Gasteiger partial charge in [-0.1, -0.05) is 135 Å². The van der Waals surface area contributed by atoms with Crippen LogP contribution in [0.5, 0.6) is 0 Å². The summed E-state index contributed by atoms with van der Waals surface area (Å²) in [4.78, 5) is 4.11. The third kappa shape index (κ3) is 5.98. The number of rotatable bonds is 11. The number of anilines is 2. The Morgan fingerprint density at radius 1 is 0.696 bits per heavy atom. The number of nitrogens with two attached hydrogens (primary N) is 1. The van der Waals surface area contributed by atoms with E-state index in [0.717, 1.165) is 57.8 Å². The number of benzene rings is 5. The maximum Gasteiger partial charge on any atom is 0.205 e. The molecule has 6 aromatic rings. The van der Waals surface area contributed by atoms with Gasteiger partial charge in [0, 0.05) is 12.1 Å². The zero-order valence-electron chi connectivity index (χ0n) is 26.8. The van der Waals surface area contributed by atoms with Crippen molar-refractivity contribution in [1.82, 2.24) is 20.2 Å². The van der Waals surface area contributed by atoms with Crippen LogP contribution in [-0.2, 0) is 5.54 Å². The summed E-state index contributed by atoms with van der Waals surface area (Å²) in [6.45, 7) is 12.6. The van der Waals surface area contributed by atoms with Gasteiger partial charge >= 0.3 is 0 Å². The van der Waals surface area contributed by atoms with Gasteiger partial charge < -0.3 is 10.6 Å². The second kappa shape index (κ2) is 13.3. The predicted octanol–water partition coefficient (Wildman–Crippen LogP) is 8.36. The lowest BCUT2D eigenvalue weighted by molar-refractivity contribution is 0.396. The van der Waals surface area contributed by atoms with Crippen molar-refractivity contribution < 1.29 is 0 Å². The first-order valence-electron chi connectivity index (χ1n) is 15.9. The zero-order chi connectivity index (χ0) is 32.1. The minimum absolute atomic E-state index is 0.280. The molecule has 0 fully saturated rings. The van der Waals surface area contributed by atoms with Gasteiger partial charge in [0.2, 0.25) is 5.82 Å². The Morgan fingerprint density at radius 2 is 1.22 bits per heavy atom. The van der Waals surface area contributed by atoms with Crippen LogP contribution in [0.2, 0.25) is 0 Å². The Morgan fingerprint density at radius 3 is 1.72 bits per heavy atom. The Bertz CT molecular complexity index is 1760. The van der Waals surface area contributed by atoms with Gasteiger partial charge in [0.05, 0.1) is 24.8 Å². The van der Waals surface area contributed by atoms with Crippen LogP contribution >= 0.6 is 0 Å². The molecule has 0 saturated carbocycles. The topological polar surface area (TPSA) is 72.9 Å². The molecule has 46 heavy (non-hydrogen) atoms. The number of hydrogen-bond donors (Lipinski definition) is 1. The fraction of sp³-hybridized carbons (Fsp3) is 0.200. The Hall–Kier alpha value is -5.36. The average molecular weight is 606 g/mol. The van der Waals surface area contributed by atoms with Gasteiger partial charge in [0.15, 0.2) is 5.54 Å². The van der Waals surface area contributed by atoms with Crippen molar-refractivity contribution in [1.29, 1.82) is 0 Å². The highest BCUT2D eigenvalue weighted by Gasteiger charge is 2.41. The van der Waals surface area contributed by atoms with Crippen LogP contribution in [0.1, 0.15) is 37.5 Å². The summed E-state index contributed by atoms with van der Waals surface area (Å²) in [7, 11) is 0. The number of hydrogen-bond acceptors (Lipinski definition) is 5. The average Bonchev–Trinajstić information content (AvgIpc) is 3.56. The van der Waals surface area contributed by atoms with E-state index in [9.17, 15) is 0 Å². The highest BCUT2D eigenvalue weighted by atomic mass is 15.6. The van der Waals surface area contributed by atoms with E-state index in [0.29, 0.717) is 11.7 Å². The van der Waals surface area contributed by atoms with Crippen molar-refractivity contribution in [2.24, 2.45) is 11.8 Å². The highest BCUT2D eigenvalue weighted by molar-refractivity contribution is 5.84. The van der Waals surface area contributed by atoms with Gasteiger partial charge in [-0.05, 0) is 58.0 Å². The highest BCUT2D eigenvalue weighted by Crippen LogP contribution is 2.41. The Kier molecular flexibility index (Phi) is 8.88. The molecule has 5 aromatic carbocycles. The molecular formula is C40H41N6+. The van der Waals surface area contributed by atoms with Gasteiger partial charge in [0.1, 0.15) is 5.92 Å². The van der Waals surface area contributed by atoms with Gasteiger partial charge in [-0.2, -0.15) is 0 Å². The van der Waals surface area contributed by atoms with Crippen LogP contribution in [0, 0.1) is 18.8 Å². The number of nitrogen functional groups attached to an aromatic ring is 1. The van der Waals surface area contributed by atoms with E-state index < -0.39 is 5.54 Å². The number of aromatic nitrogens is 4. The van der Waals surface area contributed by atoms with Crippen molar-refractivity contribution in [3.63, 3.8) is 0 Å². The number of tetrazole rings is 1. The first-order chi connectivity index (χ1) is 22.4. The van der Waals surface area contributed by atoms with Crippen LogP contribution < -0.4 is 10.6 Å². The molecule has 0 aliphatic heterocycles. The van der Waals surface area contributed by atoms with Crippen molar-refractivity contribution in [2.45, 2.75) is 26.3 Å². The lowest BCUT2D eigenvalue weighted by atomic mass is 9.77. The molecule has 0 radical (unpaired) electrons. The predicted molar refractivity (Wildman–Crippen MR) is 189 cm³/mol. The quantitative estimate of drug-likeness (QED) is 0.0913. The first kappa shape index (κ1) is 30.7. The molecule has 1 aromatic heterocycles. The minimum Gasteiger partial charge on any atom is -0.397 e. The molecule has 1 heterocycles. The van der Waals surface area contributed by atoms with E-state index in [4.69, 9.17) is 21.1 Å². The maximum atomic E-state index is 6.74. The lowest BCUT2D eigenvalue weighted by Gasteiger charge is -2.34. The molecule has 0 spiro atoms. The van der Waals surface area contributed by atoms with Gasteiger partial charge in [0.25, 0.3) is 0 Å². The lowest BCUT2D eigenvalue weighted by Crippen LogP contribution is -2.39. The van der Waals surface area contributed by atoms with E-state index in [1.54, 1.807) is 4.80 Å². The first-order valence-corrected chi connectivity index (χ1v) is 15.9. The fourth-order valence-corrected chi connectivity index (χ4v) is 6.38. The summed E-state index contributed by atoms with van der Waals surface area (Å²) in [6.07, 6.45) is 0. The summed E-state index contributed by atoms with van der Waals surface area (Å²) in [5, 5.41) is 14.6. The molecule has 0 saturated heterocycles. The zero-order valence-corrected chi connectivity index (χ0v) is 26.8. The van der Waals surface area contributed by atoms with Crippen LogP contribution in [0.4, 0.5) is 11.4 Å². The fourth-order valence-electron chi connectivity index (χ4n) is 6.38. The van der Waals surface area contributed by atoms with Crippen molar-refractivity contribution in [3.8, 4) is 22.5 Å². The molecule has 1 atom stereocenters. The van der Waals surface area contributed by atoms with E-state index in [1.165, 1.54) is 0 Å².